The Hall–Kier alpha value is -3.71. The van der Waals surface area contributed by atoms with Crippen LogP contribution in [0.3, 0.4) is 0 Å². The van der Waals surface area contributed by atoms with Gasteiger partial charge in [-0.3, -0.25) is 10.1 Å². The maximum Gasteiger partial charge on any atom is 0.270 e. The molecule has 0 atom stereocenters. The van der Waals surface area contributed by atoms with Gasteiger partial charge in [0.1, 0.15) is 12.4 Å². The Morgan fingerprint density at radius 2 is 1.97 bits per heavy atom. The van der Waals surface area contributed by atoms with E-state index in [4.69, 9.17) is 20.9 Å². The predicted octanol–water partition coefficient (Wildman–Crippen LogP) is 5.38. The van der Waals surface area contributed by atoms with Gasteiger partial charge in [0.05, 0.1) is 15.5 Å². The quantitative estimate of drug-likeness (QED) is 0.335. The highest BCUT2D eigenvalue weighted by Crippen LogP contribution is 2.36. The third kappa shape index (κ3) is 3.01. The van der Waals surface area contributed by atoms with Crippen molar-refractivity contribution in [3.05, 3.63) is 81.1 Å². The van der Waals surface area contributed by atoms with E-state index in [1.54, 1.807) is 0 Å². The molecule has 0 amide bonds. The topological polar surface area (TPSA) is 91.3 Å². The lowest BCUT2D eigenvalue weighted by atomic mass is 9.99. The molecule has 2 heterocycles. The van der Waals surface area contributed by atoms with Crippen LogP contribution in [0.4, 0.5) is 5.69 Å². The standard InChI is InChI=1S/C21H12ClN3O4/c22-18-7-6-14(25(26)27)10-17(18)21-23-20(24-29-21)13-9-16-15-4-2-1-3-12(15)5-8-19(16)28-11-13/h1-10H,11H2. The van der Waals surface area contributed by atoms with Crippen LogP contribution in [-0.4, -0.2) is 21.7 Å². The Morgan fingerprint density at radius 3 is 2.83 bits per heavy atom. The molecule has 0 bridgehead atoms. The highest BCUT2D eigenvalue weighted by atomic mass is 35.5. The molecule has 29 heavy (non-hydrogen) atoms. The van der Waals surface area contributed by atoms with Crippen molar-refractivity contribution < 1.29 is 14.2 Å². The van der Waals surface area contributed by atoms with Crippen LogP contribution in [0.15, 0.2) is 59.1 Å². The first-order valence-electron chi connectivity index (χ1n) is 8.74. The van der Waals surface area contributed by atoms with Crippen LogP contribution in [0.2, 0.25) is 5.02 Å². The average Bonchev–Trinajstić information content (AvgIpc) is 3.23. The molecule has 3 aromatic carbocycles. The molecule has 5 rings (SSSR count). The molecule has 8 heteroatoms. The van der Waals surface area contributed by atoms with Crippen LogP contribution < -0.4 is 4.74 Å². The number of nitrogens with zero attached hydrogens (tertiary/aromatic N) is 3. The van der Waals surface area contributed by atoms with Crippen molar-refractivity contribution >= 4 is 39.7 Å². The highest BCUT2D eigenvalue weighted by molar-refractivity contribution is 6.33. The van der Waals surface area contributed by atoms with E-state index in [-0.39, 0.29) is 23.2 Å². The molecule has 4 aromatic rings. The van der Waals surface area contributed by atoms with Crippen LogP contribution in [-0.2, 0) is 0 Å². The van der Waals surface area contributed by atoms with E-state index in [0.717, 1.165) is 27.7 Å². The number of rotatable bonds is 3. The van der Waals surface area contributed by atoms with E-state index in [0.29, 0.717) is 11.4 Å². The van der Waals surface area contributed by atoms with Crippen molar-refractivity contribution in [2.24, 2.45) is 0 Å². The number of benzene rings is 3. The number of non-ortho nitro benzene ring substituents is 1. The van der Waals surface area contributed by atoms with Gasteiger partial charge >= 0.3 is 0 Å². The van der Waals surface area contributed by atoms with Gasteiger partial charge in [-0.1, -0.05) is 47.1 Å². The van der Waals surface area contributed by atoms with E-state index >= 15 is 0 Å². The Kier molecular flexibility index (Phi) is 4.03. The van der Waals surface area contributed by atoms with E-state index in [1.165, 1.54) is 18.2 Å². The van der Waals surface area contributed by atoms with Gasteiger partial charge in [-0.15, -0.1) is 0 Å². The summed E-state index contributed by atoms with van der Waals surface area (Å²) >= 11 is 6.17. The summed E-state index contributed by atoms with van der Waals surface area (Å²) in [7, 11) is 0. The number of hydrogen-bond donors (Lipinski definition) is 0. The molecule has 0 spiro atoms. The molecule has 1 aliphatic rings. The smallest absolute Gasteiger partial charge is 0.270 e. The minimum absolute atomic E-state index is 0.107. The molecule has 0 aliphatic carbocycles. The number of fused-ring (bicyclic) bond motifs is 3. The fraction of sp³-hybridized carbons (Fsp3) is 0.0476. The van der Waals surface area contributed by atoms with Crippen LogP contribution >= 0.6 is 11.6 Å². The molecule has 7 nitrogen and oxygen atoms in total. The van der Waals surface area contributed by atoms with Crippen molar-refractivity contribution in [3.8, 4) is 17.2 Å². The van der Waals surface area contributed by atoms with Gasteiger partial charge in [0.25, 0.3) is 11.6 Å². The summed E-state index contributed by atoms with van der Waals surface area (Å²) in [6.07, 6.45) is 1.98. The molecular formula is C21H12ClN3O4. The Balaban J connectivity index is 1.57. The number of halogens is 1. The zero-order valence-electron chi connectivity index (χ0n) is 14.8. The second kappa shape index (κ2) is 6.72. The minimum atomic E-state index is -0.503. The summed E-state index contributed by atoms with van der Waals surface area (Å²) in [5.74, 6) is 1.25. The minimum Gasteiger partial charge on any atom is -0.488 e. The van der Waals surface area contributed by atoms with Crippen LogP contribution in [0.1, 0.15) is 11.4 Å². The molecule has 1 aliphatic heterocycles. The molecule has 0 N–H and O–H groups in total. The molecule has 0 saturated heterocycles. The van der Waals surface area contributed by atoms with Gasteiger partial charge in [0, 0.05) is 23.3 Å². The number of nitro benzene ring substituents is 1. The van der Waals surface area contributed by atoms with Crippen LogP contribution in [0.25, 0.3) is 33.9 Å². The lowest BCUT2D eigenvalue weighted by molar-refractivity contribution is -0.384. The summed E-state index contributed by atoms with van der Waals surface area (Å²) in [6, 6.07) is 16.1. The van der Waals surface area contributed by atoms with Gasteiger partial charge in [-0.2, -0.15) is 4.98 Å². The number of nitro groups is 1. The summed E-state index contributed by atoms with van der Waals surface area (Å²) < 4.78 is 11.2. The normalized spacial score (nSPS) is 12.9. The van der Waals surface area contributed by atoms with Crippen molar-refractivity contribution in [2.75, 3.05) is 6.61 Å². The maximum atomic E-state index is 11.0. The second-order valence-electron chi connectivity index (χ2n) is 6.50. The van der Waals surface area contributed by atoms with Gasteiger partial charge in [0.15, 0.2) is 0 Å². The van der Waals surface area contributed by atoms with E-state index in [9.17, 15) is 10.1 Å². The summed E-state index contributed by atoms with van der Waals surface area (Å²) in [6.45, 7) is 0.285. The number of ether oxygens (including phenoxy) is 1. The first-order valence-corrected chi connectivity index (χ1v) is 9.11. The van der Waals surface area contributed by atoms with Crippen molar-refractivity contribution in [2.45, 2.75) is 0 Å². The lowest BCUT2D eigenvalue weighted by Gasteiger charge is -2.17. The third-order valence-electron chi connectivity index (χ3n) is 4.74. The third-order valence-corrected chi connectivity index (χ3v) is 5.07. The fourth-order valence-corrected chi connectivity index (χ4v) is 3.50. The largest absolute Gasteiger partial charge is 0.488 e. The summed E-state index contributed by atoms with van der Waals surface area (Å²) in [5, 5.41) is 17.5. The Morgan fingerprint density at radius 1 is 1.10 bits per heavy atom. The zero-order chi connectivity index (χ0) is 20.0. The predicted molar refractivity (Wildman–Crippen MR) is 109 cm³/mol. The molecule has 142 valence electrons. The van der Waals surface area contributed by atoms with Crippen molar-refractivity contribution in [1.29, 1.82) is 0 Å². The molecule has 0 radical (unpaired) electrons. The maximum absolute atomic E-state index is 11.0. The van der Waals surface area contributed by atoms with E-state index < -0.39 is 4.92 Å². The fourth-order valence-electron chi connectivity index (χ4n) is 3.30. The molecule has 0 saturated carbocycles. The lowest BCUT2D eigenvalue weighted by Crippen LogP contribution is -2.08. The number of aromatic nitrogens is 2. The highest BCUT2D eigenvalue weighted by Gasteiger charge is 2.21. The summed E-state index contributed by atoms with van der Waals surface area (Å²) in [5.41, 5.74) is 1.89. The van der Waals surface area contributed by atoms with Crippen LogP contribution in [0.5, 0.6) is 5.75 Å². The molecule has 0 unspecified atom stereocenters. The molecular weight excluding hydrogens is 394 g/mol. The first kappa shape index (κ1) is 17.4. The number of hydrogen-bond acceptors (Lipinski definition) is 6. The SMILES string of the molecule is O=[N+]([O-])c1ccc(Cl)c(-c2nc(C3=Cc4c(ccc5ccccc45)OC3)no2)c1. The monoisotopic (exact) mass is 405 g/mol. The first-order chi connectivity index (χ1) is 14.1. The molecule has 0 fully saturated rings. The van der Waals surface area contributed by atoms with E-state index in [2.05, 4.69) is 10.1 Å². The van der Waals surface area contributed by atoms with Gasteiger partial charge in [-0.25, -0.2) is 0 Å². The average molecular weight is 406 g/mol. The summed E-state index contributed by atoms with van der Waals surface area (Å²) in [4.78, 5) is 14.9. The van der Waals surface area contributed by atoms with E-state index in [1.807, 2.05) is 42.5 Å². The Bertz CT molecular complexity index is 1310. The van der Waals surface area contributed by atoms with Gasteiger partial charge in [-0.05, 0) is 29.0 Å². The zero-order valence-corrected chi connectivity index (χ0v) is 15.6. The van der Waals surface area contributed by atoms with Crippen molar-refractivity contribution in [3.63, 3.8) is 0 Å². The van der Waals surface area contributed by atoms with Crippen LogP contribution in [0, 0.1) is 10.1 Å². The molecule has 1 aromatic heterocycles. The Labute approximate surface area is 169 Å². The van der Waals surface area contributed by atoms with Crippen molar-refractivity contribution in [1.82, 2.24) is 10.1 Å². The van der Waals surface area contributed by atoms with Gasteiger partial charge < -0.3 is 9.26 Å². The van der Waals surface area contributed by atoms with Gasteiger partial charge in [0.2, 0.25) is 5.82 Å². The second-order valence-corrected chi connectivity index (χ2v) is 6.91.